The molecule has 0 spiro atoms. The predicted molar refractivity (Wildman–Crippen MR) is 105 cm³/mol. The monoisotopic (exact) mass is 399 g/mol. The van der Waals surface area contributed by atoms with Crippen LogP contribution in [0.2, 0.25) is 0 Å². The smallest absolute Gasteiger partial charge is 0.326 e. The number of benzene rings is 1. The average molecular weight is 399 g/mol. The zero-order valence-corrected chi connectivity index (χ0v) is 16.3. The molecule has 1 aliphatic heterocycles. The van der Waals surface area contributed by atoms with Gasteiger partial charge in [0.25, 0.3) is 0 Å². The van der Waals surface area contributed by atoms with Crippen molar-refractivity contribution < 1.29 is 19.1 Å². The third-order valence-electron chi connectivity index (χ3n) is 5.94. The Hall–Kier alpha value is -2.90. The van der Waals surface area contributed by atoms with Crippen LogP contribution in [0, 0.1) is 11.8 Å². The number of aromatic nitrogens is 2. The number of rotatable bonds is 7. The largest absolute Gasteiger partial charge is 0.466 e. The number of hydrogen-bond acceptors (Lipinski definition) is 5. The highest BCUT2D eigenvalue weighted by Crippen LogP contribution is 2.37. The summed E-state index contributed by atoms with van der Waals surface area (Å²) in [5.41, 5.74) is 1.40. The molecule has 2 unspecified atom stereocenters. The number of imide groups is 1. The molecule has 2 amide bonds. The normalized spacial score (nSPS) is 21.6. The van der Waals surface area contributed by atoms with Crippen LogP contribution in [0.3, 0.4) is 0 Å². The molecular formula is C21H25N3O5. The highest BCUT2D eigenvalue weighted by molar-refractivity contribution is 6.05. The van der Waals surface area contributed by atoms with Gasteiger partial charge in [-0.15, -0.1) is 0 Å². The Morgan fingerprint density at radius 2 is 1.72 bits per heavy atom. The third-order valence-corrected chi connectivity index (χ3v) is 5.94. The van der Waals surface area contributed by atoms with Crippen LogP contribution >= 0.6 is 0 Å². The SMILES string of the molecule is O=C(CCN1C(=O)C2CCCCC2C1=O)OCCCn1c(=O)[nH]c2ccccc21. The Bertz CT molecular complexity index is 968. The van der Waals surface area contributed by atoms with E-state index in [1.807, 2.05) is 24.3 Å². The molecule has 154 valence electrons. The van der Waals surface area contributed by atoms with Gasteiger partial charge in [0.1, 0.15) is 0 Å². The minimum atomic E-state index is -0.438. The molecule has 2 heterocycles. The molecule has 2 fully saturated rings. The number of aromatic amines is 1. The standard InChI is InChI=1S/C21H25N3O5/c25-18(10-12-24-19(26)14-6-1-2-7-15(14)20(24)27)29-13-5-11-23-17-9-4-3-8-16(17)22-21(23)28/h3-4,8-9,14-15H,1-2,5-7,10-13H2,(H,22,28). The van der Waals surface area contributed by atoms with Crippen molar-refractivity contribution in [3.63, 3.8) is 0 Å². The number of nitrogens with one attached hydrogen (secondary N) is 1. The Morgan fingerprint density at radius 1 is 1.03 bits per heavy atom. The number of esters is 1. The van der Waals surface area contributed by atoms with E-state index in [2.05, 4.69) is 4.98 Å². The summed E-state index contributed by atoms with van der Waals surface area (Å²) in [5, 5.41) is 0. The summed E-state index contributed by atoms with van der Waals surface area (Å²) in [6.07, 6.45) is 4.00. The van der Waals surface area contributed by atoms with E-state index in [4.69, 9.17) is 4.74 Å². The molecule has 1 saturated carbocycles. The van der Waals surface area contributed by atoms with Gasteiger partial charge >= 0.3 is 11.7 Å². The number of amides is 2. The van der Waals surface area contributed by atoms with E-state index < -0.39 is 5.97 Å². The molecule has 2 atom stereocenters. The van der Waals surface area contributed by atoms with E-state index in [0.29, 0.717) is 13.0 Å². The maximum absolute atomic E-state index is 12.4. The number of fused-ring (bicyclic) bond motifs is 2. The molecule has 1 aliphatic carbocycles. The lowest BCUT2D eigenvalue weighted by molar-refractivity contribution is -0.145. The van der Waals surface area contributed by atoms with Crippen molar-refractivity contribution >= 4 is 28.8 Å². The Kier molecular flexibility index (Phi) is 5.51. The molecule has 2 aromatic rings. The Balaban J connectivity index is 1.22. The van der Waals surface area contributed by atoms with Crippen LogP contribution in [0.25, 0.3) is 11.0 Å². The number of imidazole rings is 1. The lowest BCUT2D eigenvalue weighted by atomic mass is 9.81. The molecule has 8 heteroatoms. The zero-order valence-electron chi connectivity index (χ0n) is 16.3. The number of hydrogen-bond donors (Lipinski definition) is 1. The first-order valence-corrected chi connectivity index (χ1v) is 10.2. The second-order valence-corrected chi connectivity index (χ2v) is 7.75. The van der Waals surface area contributed by atoms with Crippen LogP contribution in [0.5, 0.6) is 0 Å². The molecule has 0 radical (unpaired) electrons. The summed E-state index contributed by atoms with van der Waals surface area (Å²) in [4.78, 5) is 52.9. The van der Waals surface area contributed by atoms with Crippen molar-refractivity contribution in [1.82, 2.24) is 14.5 Å². The van der Waals surface area contributed by atoms with Gasteiger partial charge in [-0.2, -0.15) is 0 Å². The maximum Gasteiger partial charge on any atom is 0.326 e. The van der Waals surface area contributed by atoms with E-state index in [1.54, 1.807) is 4.57 Å². The van der Waals surface area contributed by atoms with E-state index in [1.165, 1.54) is 4.90 Å². The summed E-state index contributed by atoms with van der Waals surface area (Å²) in [5.74, 6) is -1.09. The van der Waals surface area contributed by atoms with Crippen LogP contribution in [0.15, 0.2) is 29.1 Å². The summed E-state index contributed by atoms with van der Waals surface area (Å²) >= 11 is 0. The number of carbonyl (C=O) groups is 3. The van der Waals surface area contributed by atoms with E-state index in [0.717, 1.165) is 36.7 Å². The van der Waals surface area contributed by atoms with Gasteiger partial charge in [-0.3, -0.25) is 23.9 Å². The third kappa shape index (κ3) is 3.83. The highest BCUT2D eigenvalue weighted by Gasteiger charge is 2.47. The molecule has 2 aliphatic rings. The van der Waals surface area contributed by atoms with Crippen LogP contribution in [0.4, 0.5) is 0 Å². The van der Waals surface area contributed by atoms with Gasteiger partial charge in [-0.25, -0.2) is 4.79 Å². The van der Waals surface area contributed by atoms with E-state index in [9.17, 15) is 19.2 Å². The summed E-state index contributed by atoms with van der Waals surface area (Å²) < 4.78 is 6.84. The number of aryl methyl sites for hydroxylation is 1. The van der Waals surface area contributed by atoms with Crippen LogP contribution in [-0.4, -0.2) is 45.4 Å². The quantitative estimate of drug-likeness (QED) is 0.435. The van der Waals surface area contributed by atoms with Gasteiger partial charge in [0.2, 0.25) is 11.8 Å². The predicted octanol–water partition coefficient (Wildman–Crippen LogP) is 1.83. The topological polar surface area (TPSA) is 101 Å². The zero-order chi connectivity index (χ0) is 20.4. The first-order chi connectivity index (χ1) is 14.1. The fourth-order valence-corrected chi connectivity index (χ4v) is 4.46. The number of ether oxygens (including phenoxy) is 1. The molecule has 29 heavy (non-hydrogen) atoms. The Labute approximate surface area is 167 Å². The van der Waals surface area contributed by atoms with Crippen LogP contribution in [-0.2, 0) is 25.7 Å². The van der Waals surface area contributed by atoms with Crippen molar-refractivity contribution in [3.8, 4) is 0 Å². The average Bonchev–Trinajstić information content (AvgIpc) is 3.17. The number of carbonyl (C=O) groups excluding carboxylic acids is 3. The van der Waals surface area contributed by atoms with E-state index >= 15 is 0 Å². The first-order valence-electron chi connectivity index (χ1n) is 10.2. The minimum Gasteiger partial charge on any atom is -0.466 e. The maximum atomic E-state index is 12.4. The van der Waals surface area contributed by atoms with E-state index in [-0.39, 0.29) is 48.9 Å². The van der Waals surface area contributed by atoms with Gasteiger partial charge in [-0.05, 0) is 31.4 Å². The van der Waals surface area contributed by atoms with Gasteiger partial charge in [0, 0.05) is 13.1 Å². The molecule has 4 rings (SSSR count). The summed E-state index contributed by atoms with van der Waals surface area (Å²) in [6.45, 7) is 0.700. The summed E-state index contributed by atoms with van der Waals surface area (Å²) in [6, 6.07) is 7.42. The van der Waals surface area contributed by atoms with Gasteiger partial charge in [-0.1, -0.05) is 25.0 Å². The Morgan fingerprint density at radius 3 is 2.45 bits per heavy atom. The van der Waals surface area contributed by atoms with Crippen molar-refractivity contribution in [3.05, 3.63) is 34.7 Å². The number of para-hydroxylation sites is 2. The molecule has 1 aromatic carbocycles. The number of likely N-dealkylation sites (tertiary alicyclic amines) is 1. The lowest BCUT2D eigenvalue weighted by Gasteiger charge is -2.19. The fourth-order valence-electron chi connectivity index (χ4n) is 4.46. The lowest BCUT2D eigenvalue weighted by Crippen LogP contribution is -2.33. The van der Waals surface area contributed by atoms with Gasteiger partial charge < -0.3 is 9.72 Å². The van der Waals surface area contributed by atoms with Crippen molar-refractivity contribution in [2.75, 3.05) is 13.2 Å². The van der Waals surface area contributed by atoms with Crippen molar-refractivity contribution in [2.45, 2.75) is 45.1 Å². The number of H-pyrrole nitrogens is 1. The minimum absolute atomic E-state index is 0.00392. The van der Waals surface area contributed by atoms with Crippen LogP contribution < -0.4 is 5.69 Å². The molecule has 1 aromatic heterocycles. The highest BCUT2D eigenvalue weighted by atomic mass is 16.5. The van der Waals surface area contributed by atoms with Gasteiger partial charge in [0.15, 0.2) is 0 Å². The second-order valence-electron chi connectivity index (χ2n) is 7.75. The molecule has 0 bridgehead atoms. The molecular weight excluding hydrogens is 374 g/mol. The molecule has 8 nitrogen and oxygen atoms in total. The molecule has 1 N–H and O–H groups in total. The fraction of sp³-hybridized carbons (Fsp3) is 0.524. The van der Waals surface area contributed by atoms with Crippen molar-refractivity contribution in [1.29, 1.82) is 0 Å². The van der Waals surface area contributed by atoms with Gasteiger partial charge in [0.05, 0.1) is 35.9 Å². The molecule has 1 saturated heterocycles. The van der Waals surface area contributed by atoms with Crippen molar-refractivity contribution in [2.24, 2.45) is 11.8 Å². The van der Waals surface area contributed by atoms with Crippen LogP contribution in [0.1, 0.15) is 38.5 Å². The second kappa shape index (κ2) is 8.23. The summed E-state index contributed by atoms with van der Waals surface area (Å²) in [7, 11) is 0. The number of nitrogens with zero attached hydrogens (tertiary/aromatic N) is 2. The first kappa shape index (κ1) is 19.4.